The van der Waals surface area contributed by atoms with Crippen molar-refractivity contribution in [2.45, 2.75) is 65.0 Å². The van der Waals surface area contributed by atoms with E-state index in [1.807, 2.05) is 56.8 Å². The van der Waals surface area contributed by atoms with E-state index in [0.717, 1.165) is 11.4 Å². The topological polar surface area (TPSA) is 87.5 Å². The van der Waals surface area contributed by atoms with Gasteiger partial charge in [0.25, 0.3) is 6.47 Å². The van der Waals surface area contributed by atoms with E-state index < -0.39 is 0 Å². The predicted molar refractivity (Wildman–Crippen MR) is 163 cm³/mol. The maximum Gasteiger partial charge on any atom is 0.301 e. The normalized spacial score (nSPS) is 15.2. The van der Waals surface area contributed by atoms with E-state index in [2.05, 4.69) is 57.5 Å². The van der Waals surface area contributed by atoms with E-state index in [1.165, 1.54) is 60.0 Å². The van der Waals surface area contributed by atoms with Gasteiger partial charge in [-0.1, -0.05) is 26.0 Å². The Morgan fingerprint density at radius 2 is 1.77 bits per heavy atom. The summed E-state index contributed by atoms with van der Waals surface area (Å²) in [6, 6.07) is 15.6. The van der Waals surface area contributed by atoms with Gasteiger partial charge in [0.1, 0.15) is 11.9 Å². The Kier molecular flexibility index (Phi) is 9.40. The Balaban J connectivity index is 0.000000316. The van der Waals surface area contributed by atoms with Crippen molar-refractivity contribution in [1.29, 1.82) is 0 Å². The smallest absolute Gasteiger partial charge is 0.301 e. The van der Waals surface area contributed by atoms with Crippen molar-refractivity contribution in [3.8, 4) is 23.0 Å². The van der Waals surface area contributed by atoms with Crippen LogP contribution in [0.3, 0.4) is 0 Å². The lowest BCUT2D eigenvalue weighted by atomic mass is 9.92. The van der Waals surface area contributed by atoms with Gasteiger partial charge in [-0.15, -0.1) is 0 Å². The van der Waals surface area contributed by atoms with Crippen LogP contribution in [0.5, 0.6) is 11.8 Å². The van der Waals surface area contributed by atoms with E-state index in [1.54, 1.807) is 6.20 Å². The molecule has 214 valence electrons. The van der Waals surface area contributed by atoms with Crippen LogP contribution in [0.25, 0.3) is 22.2 Å². The summed E-state index contributed by atoms with van der Waals surface area (Å²) in [4.78, 5) is 16.2. The van der Waals surface area contributed by atoms with E-state index in [-0.39, 0.29) is 6.10 Å². The number of hydrogen-bond donors (Lipinski definition) is 1. The summed E-state index contributed by atoms with van der Waals surface area (Å²) in [7, 11) is 6.15. The number of nitrogens with two attached hydrogens (primary N) is 1. The second kappa shape index (κ2) is 12.9. The Bertz CT molecular complexity index is 1400. The van der Waals surface area contributed by atoms with Crippen molar-refractivity contribution in [3.63, 3.8) is 0 Å². The van der Waals surface area contributed by atoms with Crippen LogP contribution in [-0.4, -0.2) is 40.8 Å². The molecule has 8 nitrogen and oxygen atoms in total. The van der Waals surface area contributed by atoms with Gasteiger partial charge in [-0.25, -0.2) is 4.98 Å². The lowest BCUT2D eigenvalue weighted by Gasteiger charge is -2.30. The van der Waals surface area contributed by atoms with Crippen molar-refractivity contribution < 1.29 is 14.3 Å². The van der Waals surface area contributed by atoms with Gasteiger partial charge in [-0.3, -0.25) is 4.79 Å². The third-order valence-corrected chi connectivity index (χ3v) is 7.56. The number of nitrogen functional groups attached to an aromatic ring is 1. The number of carbonyl (C=O) groups excluding carboxylic acids is 1. The first-order chi connectivity index (χ1) is 19.4. The standard InChI is InChI=1S/C24H27N5O.C6H10O2.C2H6/c1-27(2)23-20-12-11-19(30-24-26-13-14-28(24)3)15-21(20)29(18-5-4-6-18)22(23)16-7-9-17(25)10-8-16;1-5(8-4-7)6-2-3-6;1-2/h7-15,18H,4-6,25H2,1-3H3;4-6H,2-3H2,1H3;1-2H3. The number of fused-ring (bicyclic) bond motifs is 1. The Hall–Kier alpha value is -3.94. The highest BCUT2D eigenvalue weighted by atomic mass is 16.5. The number of carbonyl (C=O) groups is 1. The fraction of sp³-hybridized carbons (Fsp3) is 0.438. The summed E-state index contributed by atoms with van der Waals surface area (Å²) in [6.07, 6.45) is 9.91. The molecule has 0 aliphatic heterocycles. The average Bonchev–Trinajstić information content (AvgIpc) is 3.63. The molecular formula is C32H43N5O3. The minimum Gasteiger partial charge on any atom is -0.465 e. The quantitative estimate of drug-likeness (QED) is 0.186. The molecule has 0 bridgehead atoms. The zero-order valence-corrected chi connectivity index (χ0v) is 24.6. The van der Waals surface area contributed by atoms with Gasteiger partial charge < -0.3 is 29.2 Å². The monoisotopic (exact) mass is 545 g/mol. The minimum atomic E-state index is 0.160. The molecule has 0 amide bonds. The molecule has 0 saturated heterocycles. The number of hydrogen-bond acceptors (Lipinski definition) is 6. The van der Waals surface area contributed by atoms with Crippen LogP contribution in [0.15, 0.2) is 54.9 Å². The van der Waals surface area contributed by atoms with E-state index in [9.17, 15) is 4.79 Å². The lowest BCUT2D eigenvalue weighted by Crippen LogP contribution is -2.18. The first-order valence-electron chi connectivity index (χ1n) is 14.3. The van der Waals surface area contributed by atoms with Crippen LogP contribution in [-0.2, 0) is 16.6 Å². The molecule has 40 heavy (non-hydrogen) atoms. The highest BCUT2D eigenvalue weighted by molar-refractivity contribution is 6.03. The van der Waals surface area contributed by atoms with Crippen LogP contribution in [0.2, 0.25) is 0 Å². The van der Waals surface area contributed by atoms with Gasteiger partial charge in [0.2, 0.25) is 0 Å². The Morgan fingerprint density at radius 3 is 2.30 bits per heavy atom. The highest BCUT2D eigenvalue weighted by Gasteiger charge is 2.29. The lowest BCUT2D eigenvalue weighted by molar-refractivity contribution is -0.133. The molecule has 6 rings (SSSR count). The molecule has 2 saturated carbocycles. The third-order valence-electron chi connectivity index (χ3n) is 7.56. The molecule has 1 unspecified atom stereocenters. The second-order valence-corrected chi connectivity index (χ2v) is 10.5. The summed E-state index contributed by atoms with van der Waals surface area (Å²) >= 11 is 0. The van der Waals surface area contributed by atoms with Gasteiger partial charge in [-0.05, 0) is 69.2 Å². The molecule has 1 atom stereocenters. The second-order valence-electron chi connectivity index (χ2n) is 10.5. The van der Waals surface area contributed by atoms with Crippen LogP contribution < -0.4 is 15.4 Å². The maximum atomic E-state index is 9.73. The molecule has 8 heteroatoms. The Morgan fingerprint density at radius 1 is 1.07 bits per heavy atom. The maximum absolute atomic E-state index is 9.73. The summed E-state index contributed by atoms with van der Waals surface area (Å²) < 4.78 is 15.1. The molecule has 2 aromatic carbocycles. The van der Waals surface area contributed by atoms with Gasteiger partial charge in [0, 0.05) is 62.3 Å². The fourth-order valence-electron chi connectivity index (χ4n) is 5.05. The van der Waals surface area contributed by atoms with Crippen molar-refractivity contribution >= 4 is 28.7 Å². The number of rotatable bonds is 8. The van der Waals surface area contributed by atoms with Crippen LogP contribution in [0, 0.1) is 5.92 Å². The fourth-order valence-corrected chi connectivity index (χ4v) is 5.05. The average molecular weight is 546 g/mol. The van der Waals surface area contributed by atoms with Crippen LogP contribution in [0.4, 0.5) is 11.4 Å². The molecule has 0 radical (unpaired) electrons. The van der Waals surface area contributed by atoms with Crippen LogP contribution in [0.1, 0.15) is 58.9 Å². The number of ether oxygens (including phenoxy) is 2. The third kappa shape index (κ3) is 6.27. The number of nitrogens with zero attached hydrogens (tertiary/aromatic N) is 4. The zero-order chi connectivity index (χ0) is 28.8. The largest absolute Gasteiger partial charge is 0.465 e. The summed E-state index contributed by atoms with van der Waals surface area (Å²) in [5.41, 5.74) is 11.6. The molecule has 2 fully saturated rings. The molecular weight excluding hydrogens is 502 g/mol. The van der Waals surface area contributed by atoms with Crippen molar-refractivity contribution in [2.75, 3.05) is 24.7 Å². The van der Waals surface area contributed by atoms with Gasteiger partial charge in [0.05, 0.1) is 16.9 Å². The van der Waals surface area contributed by atoms with Gasteiger partial charge in [0.15, 0.2) is 0 Å². The highest BCUT2D eigenvalue weighted by Crippen LogP contribution is 2.47. The number of imidazole rings is 1. The molecule has 2 heterocycles. The van der Waals surface area contributed by atoms with E-state index >= 15 is 0 Å². The number of aromatic nitrogens is 3. The Labute approximate surface area is 237 Å². The summed E-state index contributed by atoms with van der Waals surface area (Å²) in [5.74, 6) is 1.46. The summed E-state index contributed by atoms with van der Waals surface area (Å²) in [5, 5.41) is 1.23. The van der Waals surface area contributed by atoms with E-state index in [4.69, 9.17) is 10.5 Å². The molecule has 2 N–H and O–H groups in total. The molecule has 4 aromatic rings. The molecule has 2 aliphatic rings. The first kappa shape index (κ1) is 29.1. The first-order valence-corrected chi connectivity index (χ1v) is 14.3. The summed E-state index contributed by atoms with van der Waals surface area (Å²) in [6.45, 7) is 6.47. The van der Waals surface area contributed by atoms with Gasteiger partial charge in [-0.2, -0.15) is 0 Å². The molecule has 2 aromatic heterocycles. The molecule has 2 aliphatic carbocycles. The van der Waals surface area contributed by atoms with Crippen molar-refractivity contribution in [1.82, 2.24) is 14.1 Å². The van der Waals surface area contributed by atoms with Crippen molar-refractivity contribution in [3.05, 3.63) is 54.9 Å². The minimum absolute atomic E-state index is 0.160. The number of benzene rings is 2. The van der Waals surface area contributed by atoms with Gasteiger partial charge >= 0.3 is 6.01 Å². The zero-order valence-electron chi connectivity index (χ0n) is 24.6. The van der Waals surface area contributed by atoms with Crippen molar-refractivity contribution in [2.24, 2.45) is 13.0 Å². The number of aryl methyl sites for hydroxylation is 1. The van der Waals surface area contributed by atoms with Crippen LogP contribution >= 0.6 is 0 Å². The molecule has 0 spiro atoms. The predicted octanol–water partition coefficient (Wildman–Crippen LogP) is 7.19. The van der Waals surface area contributed by atoms with E-state index in [0.29, 0.717) is 24.4 Å². The SMILES string of the molecule is CC.CC(OC=O)C1CC1.CN(C)c1c(-c2ccc(N)cc2)n(C2CCC2)c2cc(Oc3nccn3C)ccc12. The number of anilines is 2.